The molecule has 2 amide bonds. The van der Waals surface area contributed by atoms with Crippen LogP contribution in [0.3, 0.4) is 0 Å². The van der Waals surface area contributed by atoms with E-state index >= 15 is 0 Å². The molecule has 1 fully saturated rings. The smallest absolute Gasteiger partial charge is 0.289 e. The van der Waals surface area contributed by atoms with Gasteiger partial charge in [-0.15, -0.1) is 0 Å². The molecule has 29 heavy (non-hydrogen) atoms. The fourth-order valence-corrected chi connectivity index (χ4v) is 3.20. The van der Waals surface area contributed by atoms with Crippen LogP contribution in [-0.2, 0) is 6.54 Å². The summed E-state index contributed by atoms with van der Waals surface area (Å²) in [6.07, 6.45) is 4.82. The minimum atomic E-state index is -0.175. The van der Waals surface area contributed by atoms with E-state index in [0.717, 1.165) is 11.5 Å². The normalized spacial score (nSPS) is 13.9. The maximum absolute atomic E-state index is 12.5. The van der Waals surface area contributed by atoms with Crippen molar-refractivity contribution in [1.29, 1.82) is 0 Å². The molecule has 1 aliphatic rings. The zero-order chi connectivity index (χ0) is 20.1. The molecule has 0 bridgehead atoms. The van der Waals surface area contributed by atoms with Crippen molar-refractivity contribution >= 4 is 17.6 Å². The van der Waals surface area contributed by atoms with E-state index in [9.17, 15) is 9.59 Å². The lowest BCUT2D eigenvalue weighted by atomic mass is 10.2. The van der Waals surface area contributed by atoms with Crippen molar-refractivity contribution in [3.8, 4) is 0 Å². The summed E-state index contributed by atoms with van der Waals surface area (Å²) in [7, 11) is 0. The predicted octanol–water partition coefficient (Wildman–Crippen LogP) is 1.96. The minimum Gasteiger partial charge on any atom is -0.459 e. The molecular formula is C21H21N5O3. The monoisotopic (exact) mass is 391 g/mol. The van der Waals surface area contributed by atoms with E-state index in [0.29, 0.717) is 44.0 Å². The molecular weight excluding hydrogens is 370 g/mol. The summed E-state index contributed by atoms with van der Waals surface area (Å²) >= 11 is 0. The number of piperazine rings is 1. The van der Waals surface area contributed by atoms with Crippen LogP contribution in [0.2, 0.25) is 0 Å². The number of pyridine rings is 2. The zero-order valence-electron chi connectivity index (χ0n) is 15.8. The summed E-state index contributed by atoms with van der Waals surface area (Å²) < 4.78 is 5.19. The highest BCUT2D eigenvalue weighted by atomic mass is 16.3. The molecule has 0 unspecified atom stereocenters. The van der Waals surface area contributed by atoms with E-state index in [2.05, 4.69) is 20.2 Å². The van der Waals surface area contributed by atoms with Gasteiger partial charge in [0.05, 0.1) is 18.5 Å². The number of amides is 2. The Balaban J connectivity index is 1.35. The Bertz CT molecular complexity index is 967. The van der Waals surface area contributed by atoms with E-state index in [1.807, 2.05) is 18.2 Å². The molecule has 8 nitrogen and oxygen atoms in total. The van der Waals surface area contributed by atoms with Gasteiger partial charge in [0.15, 0.2) is 5.76 Å². The van der Waals surface area contributed by atoms with Gasteiger partial charge in [0.1, 0.15) is 5.82 Å². The van der Waals surface area contributed by atoms with Crippen molar-refractivity contribution in [1.82, 2.24) is 20.2 Å². The zero-order valence-corrected chi connectivity index (χ0v) is 15.8. The van der Waals surface area contributed by atoms with E-state index in [1.165, 1.54) is 6.26 Å². The Morgan fingerprint density at radius 2 is 1.86 bits per heavy atom. The van der Waals surface area contributed by atoms with E-state index in [-0.39, 0.29) is 11.8 Å². The number of carbonyl (C=O) groups excluding carboxylic acids is 2. The van der Waals surface area contributed by atoms with Gasteiger partial charge >= 0.3 is 0 Å². The van der Waals surface area contributed by atoms with Crippen LogP contribution in [0, 0.1) is 0 Å². The molecule has 8 heteroatoms. The van der Waals surface area contributed by atoms with E-state index in [4.69, 9.17) is 4.42 Å². The van der Waals surface area contributed by atoms with Gasteiger partial charge in [-0.25, -0.2) is 4.98 Å². The Kier molecular flexibility index (Phi) is 5.51. The molecule has 0 atom stereocenters. The quantitative estimate of drug-likeness (QED) is 0.715. The van der Waals surface area contributed by atoms with Gasteiger partial charge in [0.2, 0.25) is 0 Å². The van der Waals surface area contributed by atoms with E-state index in [1.54, 1.807) is 41.6 Å². The van der Waals surface area contributed by atoms with Crippen molar-refractivity contribution in [2.24, 2.45) is 0 Å². The Morgan fingerprint density at radius 1 is 1.00 bits per heavy atom. The largest absolute Gasteiger partial charge is 0.459 e. The Hall–Kier alpha value is -3.68. The van der Waals surface area contributed by atoms with Crippen molar-refractivity contribution in [2.45, 2.75) is 6.54 Å². The van der Waals surface area contributed by atoms with Gasteiger partial charge in [-0.1, -0.05) is 6.07 Å². The average molecular weight is 391 g/mol. The third kappa shape index (κ3) is 4.43. The number of carbonyl (C=O) groups is 2. The molecule has 1 N–H and O–H groups in total. The summed E-state index contributed by atoms with van der Waals surface area (Å²) in [5.74, 6) is 0.792. The van der Waals surface area contributed by atoms with Crippen LogP contribution in [0.25, 0.3) is 0 Å². The van der Waals surface area contributed by atoms with Crippen LogP contribution in [0.15, 0.2) is 65.5 Å². The number of hydrogen-bond donors (Lipinski definition) is 1. The van der Waals surface area contributed by atoms with Gasteiger partial charge < -0.3 is 19.5 Å². The maximum Gasteiger partial charge on any atom is 0.289 e. The predicted molar refractivity (Wildman–Crippen MR) is 106 cm³/mol. The number of rotatable bonds is 5. The topological polar surface area (TPSA) is 91.6 Å². The van der Waals surface area contributed by atoms with Crippen molar-refractivity contribution in [3.63, 3.8) is 0 Å². The van der Waals surface area contributed by atoms with Crippen LogP contribution < -0.4 is 10.2 Å². The molecule has 4 heterocycles. The van der Waals surface area contributed by atoms with Crippen LogP contribution in [0.5, 0.6) is 0 Å². The first-order chi connectivity index (χ1) is 14.2. The first-order valence-corrected chi connectivity index (χ1v) is 9.42. The summed E-state index contributed by atoms with van der Waals surface area (Å²) in [5, 5.41) is 2.87. The van der Waals surface area contributed by atoms with Crippen molar-refractivity contribution < 1.29 is 14.0 Å². The fraction of sp³-hybridized carbons (Fsp3) is 0.238. The second-order valence-corrected chi connectivity index (χ2v) is 6.66. The van der Waals surface area contributed by atoms with Crippen LogP contribution in [-0.4, -0.2) is 52.9 Å². The lowest BCUT2D eigenvalue weighted by molar-refractivity contribution is 0.0714. The molecule has 0 aromatic carbocycles. The Labute approximate surface area is 168 Å². The molecule has 0 radical (unpaired) electrons. The second kappa shape index (κ2) is 8.55. The first-order valence-electron chi connectivity index (χ1n) is 9.42. The van der Waals surface area contributed by atoms with Crippen LogP contribution in [0.4, 0.5) is 5.82 Å². The van der Waals surface area contributed by atoms with Crippen LogP contribution >= 0.6 is 0 Å². The first kappa shape index (κ1) is 18.7. The highest BCUT2D eigenvalue weighted by Gasteiger charge is 2.24. The molecule has 3 aromatic heterocycles. The SMILES string of the molecule is O=C(NCc1ccccn1)c1ccnc(N2CCN(C(=O)c3ccco3)CC2)c1. The van der Waals surface area contributed by atoms with Crippen molar-refractivity contribution in [3.05, 3.63) is 78.1 Å². The summed E-state index contributed by atoms with van der Waals surface area (Å²) in [6, 6.07) is 12.4. The Morgan fingerprint density at radius 3 is 2.59 bits per heavy atom. The summed E-state index contributed by atoms with van der Waals surface area (Å²) in [5.41, 5.74) is 1.34. The fourth-order valence-electron chi connectivity index (χ4n) is 3.20. The van der Waals surface area contributed by atoms with E-state index < -0.39 is 0 Å². The molecule has 0 spiro atoms. The van der Waals surface area contributed by atoms with Gasteiger partial charge in [0, 0.05) is 44.1 Å². The van der Waals surface area contributed by atoms with Gasteiger partial charge in [-0.3, -0.25) is 14.6 Å². The van der Waals surface area contributed by atoms with Gasteiger partial charge in [-0.05, 0) is 36.4 Å². The van der Waals surface area contributed by atoms with Crippen molar-refractivity contribution in [2.75, 3.05) is 31.1 Å². The number of aromatic nitrogens is 2. The molecule has 0 saturated carbocycles. The third-order valence-corrected chi connectivity index (χ3v) is 4.79. The molecule has 3 aromatic rings. The summed E-state index contributed by atoms with van der Waals surface area (Å²) in [4.78, 5) is 37.3. The van der Waals surface area contributed by atoms with Gasteiger partial charge in [0.25, 0.3) is 11.8 Å². The number of furan rings is 1. The number of hydrogen-bond acceptors (Lipinski definition) is 6. The lowest BCUT2D eigenvalue weighted by Crippen LogP contribution is -2.49. The second-order valence-electron chi connectivity index (χ2n) is 6.66. The van der Waals surface area contributed by atoms with Crippen LogP contribution in [0.1, 0.15) is 26.6 Å². The number of anilines is 1. The maximum atomic E-state index is 12.5. The number of nitrogens with one attached hydrogen (secondary N) is 1. The average Bonchev–Trinajstić information content (AvgIpc) is 3.33. The lowest BCUT2D eigenvalue weighted by Gasteiger charge is -2.35. The molecule has 0 aliphatic carbocycles. The third-order valence-electron chi connectivity index (χ3n) is 4.79. The standard InChI is InChI=1S/C21H21N5O3/c27-20(24-15-17-4-1-2-7-22-17)16-6-8-23-19(14-16)25-9-11-26(12-10-25)21(28)18-5-3-13-29-18/h1-8,13-14H,9-12,15H2,(H,24,27). The number of nitrogens with zero attached hydrogens (tertiary/aromatic N) is 4. The molecule has 1 saturated heterocycles. The molecule has 4 rings (SSSR count). The highest BCUT2D eigenvalue weighted by molar-refractivity contribution is 5.94. The summed E-state index contributed by atoms with van der Waals surface area (Å²) in [6.45, 7) is 2.77. The minimum absolute atomic E-state index is 0.106. The highest BCUT2D eigenvalue weighted by Crippen LogP contribution is 2.17. The molecule has 1 aliphatic heterocycles. The molecule has 148 valence electrons. The van der Waals surface area contributed by atoms with Gasteiger partial charge in [-0.2, -0.15) is 0 Å².